The summed E-state index contributed by atoms with van der Waals surface area (Å²) < 4.78 is 1.84. The number of nitrogens with one attached hydrogen (secondary N) is 1. The number of rotatable bonds is 5. The maximum absolute atomic E-state index is 12.7. The Morgan fingerprint density at radius 2 is 2.04 bits per heavy atom. The van der Waals surface area contributed by atoms with Gasteiger partial charge in [0.1, 0.15) is 5.65 Å². The van der Waals surface area contributed by atoms with Gasteiger partial charge in [0.25, 0.3) is 5.91 Å². The third-order valence-electron chi connectivity index (χ3n) is 4.98. The van der Waals surface area contributed by atoms with Gasteiger partial charge in [-0.25, -0.2) is 4.98 Å². The number of fused-ring (bicyclic) bond motifs is 1. The normalized spacial score (nSPS) is 20.8. The molecule has 1 amide bonds. The van der Waals surface area contributed by atoms with Gasteiger partial charge in [0.2, 0.25) is 0 Å². The molecule has 1 unspecified atom stereocenters. The minimum absolute atomic E-state index is 0.0248. The van der Waals surface area contributed by atoms with E-state index < -0.39 is 0 Å². The Balaban J connectivity index is 1.51. The highest BCUT2D eigenvalue weighted by Crippen LogP contribution is 2.32. The minimum Gasteiger partial charge on any atom is -0.393 e. The second kappa shape index (κ2) is 6.69. The van der Waals surface area contributed by atoms with Crippen LogP contribution in [-0.2, 0) is 6.42 Å². The Kier molecular flexibility index (Phi) is 4.24. The molecule has 5 nitrogen and oxygen atoms in total. The summed E-state index contributed by atoms with van der Waals surface area (Å²) in [6.07, 6.45) is 7.38. The molecule has 2 heterocycles. The Morgan fingerprint density at radius 1 is 1.24 bits per heavy atom. The second-order valence-corrected chi connectivity index (χ2v) is 6.77. The van der Waals surface area contributed by atoms with Gasteiger partial charge in [0.15, 0.2) is 0 Å². The zero-order valence-corrected chi connectivity index (χ0v) is 13.9. The standard InChI is InChI=1S/C20H21N3O2/c24-17-11-16(12-17)18(10-14-4-2-1-3-5-14)22-20(25)15-6-7-19-21-8-9-23(19)13-15/h1-9,13,16-18,24H,10-12H2,(H,22,25). The fourth-order valence-corrected chi connectivity index (χ4v) is 3.47. The van der Waals surface area contributed by atoms with Crippen molar-refractivity contribution in [3.8, 4) is 0 Å². The van der Waals surface area contributed by atoms with Gasteiger partial charge < -0.3 is 14.8 Å². The molecule has 1 saturated carbocycles. The van der Waals surface area contributed by atoms with Gasteiger partial charge in [-0.2, -0.15) is 0 Å². The monoisotopic (exact) mass is 335 g/mol. The minimum atomic E-state index is -0.234. The van der Waals surface area contributed by atoms with Crippen molar-refractivity contribution >= 4 is 11.6 Å². The highest BCUT2D eigenvalue weighted by Gasteiger charge is 2.34. The Bertz CT molecular complexity index is 869. The number of aromatic nitrogens is 2. The lowest BCUT2D eigenvalue weighted by atomic mass is 9.75. The zero-order valence-electron chi connectivity index (χ0n) is 13.9. The number of benzene rings is 1. The predicted octanol–water partition coefficient (Wildman–Crippen LogP) is 2.45. The molecule has 0 aliphatic heterocycles. The summed E-state index contributed by atoms with van der Waals surface area (Å²) in [7, 11) is 0. The van der Waals surface area contributed by atoms with Crippen LogP contribution in [0.5, 0.6) is 0 Å². The van der Waals surface area contributed by atoms with E-state index in [0.717, 1.165) is 24.9 Å². The number of hydrogen-bond acceptors (Lipinski definition) is 3. The molecule has 1 atom stereocenters. The molecule has 0 bridgehead atoms. The van der Waals surface area contributed by atoms with Gasteiger partial charge in [-0.15, -0.1) is 0 Å². The predicted molar refractivity (Wildman–Crippen MR) is 95.3 cm³/mol. The molecule has 128 valence electrons. The quantitative estimate of drug-likeness (QED) is 0.753. The van der Waals surface area contributed by atoms with E-state index in [-0.39, 0.29) is 18.1 Å². The van der Waals surface area contributed by atoms with Crippen molar-refractivity contribution in [3.05, 3.63) is 72.2 Å². The first-order valence-electron chi connectivity index (χ1n) is 8.64. The third kappa shape index (κ3) is 3.42. The number of carbonyl (C=O) groups is 1. The molecular weight excluding hydrogens is 314 g/mol. The van der Waals surface area contributed by atoms with E-state index in [2.05, 4.69) is 22.4 Å². The zero-order chi connectivity index (χ0) is 17.2. The molecular formula is C20H21N3O2. The highest BCUT2D eigenvalue weighted by molar-refractivity contribution is 5.94. The summed E-state index contributed by atoms with van der Waals surface area (Å²) in [5.74, 6) is 0.231. The van der Waals surface area contributed by atoms with Crippen molar-refractivity contribution in [3.63, 3.8) is 0 Å². The first-order valence-corrected chi connectivity index (χ1v) is 8.64. The number of aliphatic hydroxyl groups is 1. The van der Waals surface area contributed by atoms with E-state index >= 15 is 0 Å². The number of carbonyl (C=O) groups excluding carboxylic acids is 1. The maximum atomic E-state index is 12.7. The van der Waals surface area contributed by atoms with Crippen molar-refractivity contribution in [2.24, 2.45) is 5.92 Å². The molecule has 2 N–H and O–H groups in total. The van der Waals surface area contributed by atoms with Crippen LogP contribution in [0.15, 0.2) is 61.1 Å². The largest absolute Gasteiger partial charge is 0.393 e. The number of imidazole rings is 1. The summed E-state index contributed by atoms with van der Waals surface area (Å²) >= 11 is 0. The van der Waals surface area contributed by atoms with Gasteiger partial charge in [0, 0.05) is 24.6 Å². The molecule has 4 rings (SSSR count). The number of hydrogen-bond donors (Lipinski definition) is 2. The summed E-state index contributed by atoms with van der Waals surface area (Å²) in [6, 6.07) is 13.8. The fourth-order valence-electron chi connectivity index (χ4n) is 3.47. The molecule has 1 fully saturated rings. The molecule has 3 aromatic rings. The molecule has 25 heavy (non-hydrogen) atoms. The van der Waals surface area contributed by atoms with Crippen LogP contribution in [0.25, 0.3) is 5.65 Å². The van der Waals surface area contributed by atoms with E-state index in [1.54, 1.807) is 18.5 Å². The van der Waals surface area contributed by atoms with Crippen molar-refractivity contribution in [1.29, 1.82) is 0 Å². The average Bonchev–Trinajstić information content (AvgIpc) is 3.07. The van der Waals surface area contributed by atoms with Gasteiger partial charge in [0.05, 0.1) is 11.7 Å². The lowest BCUT2D eigenvalue weighted by Crippen LogP contribution is -2.48. The maximum Gasteiger partial charge on any atom is 0.253 e. The SMILES string of the molecule is O=C(NC(Cc1ccccc1)C1CC(O)C1)c1ccc2nccn2c1. The first-order chi connectivity index (χ1) is 12.2. The molecule has 1 aromatic carbocycles. The molecule has 0 spiro atoms. The highest BCUT2D eigenvalue weighted by atomic mass is 16.3. The van der Waals surface area contributed by atoms with Crippen LogP contribution in [0, 0.1) is 5.92 Å². The third-order valence-corrected chi connectivity index (χ3v) is 4.98. The lowest BCUT2D eigenvalue weighted by molar-refractivity contribution is 0.0239. The van der Waals surface area contributed by atoms with E-state index in [0.29, 0.717) is 11.5 Å². The molecule has 1 aliphatic carbocycles. The molecule has 1 aliphatic rings. The van der Waals surface area contributed by atoms with Crippen LogP contribution in [0.1, 0.15) is 28.8 Å². The lowest BCUT2D eigenvalue weighted by Gasteiger charge is -2.38. The topological polar surface area (TPSA) is 66.6 Å². The van der Waals surface area contributed by atoms with Crippen LogP contribution in [-0.4, -0.2) is 32.5 Å². The first kappa shape index (κ1) is 15.8. The van der Waals surface area contributed by atoms with Crippen molar-refractivity contribution in [2.45, 2.75) is 31.4 Å². The summed E-state index contributed by atoms with van der Waals surface area (Å²) in [5.41, 5.74) is 2.63. The molecule has 0 radical (unpaired) electrons. The molecule has 2 aromatic heterocycles. The summed E-state index contributed by atoms with van der Waals surface area (Å²) in [5, 5.41) is 12.8. The fraction of sp³-hybridized carbons (Fsp3) is 0.300. The van der Waals surface area contributed by atoms with Crippen molar-refractivity contribution in [1.82, 2.24) is 14.7 Å². The summed E-state index contributed by atoms with van der Waals surface area (Å²) in [6.45, 7) is 0. The van der Waals surface area contributed by atoms with E-state index in [9.17, 15) is 9.90 Å². The van der Waals surface area contributed by atoms with Gasteiger partial charge in [-0.05, 0) is 42.9 Å². The van der Waals surface area contributed by atoms with Crippen LogP contribution in [0.2, 0.25) is 0 Å². The van der Waals surface area contributed by atoms with Gasteiger partial charge in [-0.3, -0.25) is 4.79 Å². The molecule has 0 saturated heterocycles. The number of aliphatic hydroxyl groups excluding tert-OH is 1. The Labute approximate surface area is 146 Å². The van der Waals surface area contributed by atoms with Gasteiger partial charge >= 0.3 is 0 Å². The van der Waals surface area contributed by atoms with Crippen molar-refractivity contribution in [2.75, 3.05) is 0 Å². The summed E-state index contributed by atoms with van der Waals surface area (Å²) in [4.78, 5) is 16.9. The van der Waals surface area contributed by atoms with E-state index in [4.69, 9.17) is 0 Å². The molecule has 5 heteroatoms. The van der Waals surface area contributed by atoms with Crippen LogP contribution in [0.3, 0.4) is 0 Å². The number of amides is 1. The average molecular weight is 335 g/mol. The number of pyridine rings is 1. The van der Waals surface area contributed by atoms with Crippen LogP contribution >= 0.6 is 0 Å². The van der Waals surface area contributed by atoms with E-state index in [1.807, 2.05) is 34.9 Å². The smallest absolute Gasteiger partial charge is 0.253 e. The second-order valence-electron chi connectivity index (χ2n) is 6.77. The number of nitrogens with zero attached hydrogens (tertiary/aromatic N) is 2. The van der Waals surface area contributed by atoms with Gasteiger partial charge in [-0.1, -0.05) is 30.3 Å². The van der Waals surface area contributed by atoms with Crippen LogP contribution < -0.4 is 5.32 Å². The Hall–Kier alpha value is -2.66. The van der Waals surface area contributed by atoms with E-state index in [1.165, 1.54) is 5.56 Å². The van der Waals surface area contributed by atoms with Crippen LogP contribution in [0.4, 0.5) is 0 Å². The Morgan fingerprint density at radius 3 is 2.80 bits per heavy atom. The van der Waals surface area contributed by atoms with Crippen molar-refractivity contribution < 1.29 is 9.90 Å².